The monoisotopic (exact) mass is 420 g/mol. The molecule has 28 heavy (non-hydrogen) atoms. The molecule has 8 heteroatoms. The van der Waals surface area contributed by atoms with Gasteiger partial charge < -0.3 is 20.1 Å². The summed E-state index contributed by atoms with van der Waals surface area (Å²) in [5.41, 5.74) is 1.29. The van der Waals surface area contributed by atoms with Crippen molar-refractivity contribution in [2.24, 2.45) is 0 Å². The lowest BCUT2D eigenvalue weighted by Crippen LogP contribution is -2.47. The predicted molar refractivity (Wildman–Crippen MR) is 106 cm³/mol. The summed E-state index contributed by atoms with van der Waals surface area (Å²) in [5.74, 6) is -0.279. The van der Waals surface area contributed by atoms with E-state index in [2.05, 4.69) is 10.6 Å². The molecule has 0 bridgehead atoms. The number of halogens is 2. The molecular formula is C20H18Cl2N2O4. The number of hydrogen-bond donors (Lipinski definition) is 2. The first-order chi connectivity index (χ1) is 13.5. The van der Waals surface area contributed by atoms with Gasteiger partial charge in [0, 0.05) is 0 Å². The summed E-state index contributed by atoms with van der Waals surface area (Å²) in [6.07, 6.45) is 0. The lowest BCUT2D eigenvalue weighted by Gasteiger charge is -2.29. The summed E-state index contributed by atoms with van der Waals surface area (Å²) in [5, 5.41) is 6.04. The molecule has 1 aliphatic heterocycles. The minimum Gasteiger partial charge on any atom is -0.484 e. The molecule has 0 saturated heterocycles. The van der Waals surface area contributed by atoms with Gasteiger partial charge in [-0.05, 0) is 24.6 Å². The van der Waals surface area contributed by atoms with Crippen molar-refractivity contribution in [3.05, 3.63) is 75.4 Å². The van der Waals surface area contributed by atoms with E-state index >= 15 is 0 Å². The van der Waals surface area contributed by atoms with Crippen LogP contribution in [-0.4, -0.2) is 25.2 Å². The molecule has 0 fully saturated rings. The van der Waals surface area contributed by atoms with Crippen molar-refractivity contribution < 1.29 is 19.1 Å². The second kappa shape index (κ2) is 8.99. The summed E-state index contributed by atoms with van der Waals surface area (Å²) in [7, 11) is 0. The van der Waals surface area contributed by atoms with E-state index in [1.165, 1.54) is 0 Å². The second-order valence-corrected chi connectivity index (χ2v) is 6.71. The van der Waals surface area contributed by atoms with Gasteiger partial charge in [0.2, 0.25) is 0 Å². The fraction of sp³-hybridized carbons (Fsp3) is 0.200. The van der Waals surface area contributed by atoms with Crippen LogP contribution in [0.3, 0.4) is 0 Å². The van der Waals surface area contributed by atoms with Crippen molar-refractivity contribution in [2.45, 2.75) is 13.0 Å². The Morgan fingerprint density at radius 3 is 2.39 bits per heavy atom. The molecule has 0 spiro atoms. The van der Waals surface area contributed by atoms with Gasteiger partial charge in [0.05, 0.1) is 34.0 Å². The van der Waals surface area contributed by atoms with Crippen LogP contribution in [-0.2, 0) is 9.53 Å². The van der Waals surface area contributed by atoms with Gasteiger partial charge in [-0.2, -0.15) is 0 Å². The number of benzene rings is 2. The smallest absolute Gasteiger partial charge is 0.338 e. The third-order valence-corrected chi connectivity index (χ3v) is 4.66. The van der Waals surface area contributed by atoms with Crippen LogP contribution < -0.4 is 15.4 Å². The van der Waals surface area contributed by atoms with Crippen LogP contribution in [0.1, 0.15) is 18.5 Å². The van der Waals surface area contributed by atoms with Gasteiger partial charge in [-0.1, -0.05) is 59.6 Å². The summed E-state index contributed by atoms with van der Waals surface area (Å²) >= 11 is 12.3. The van der Waals surface area contributed by atoms with E-state index in [1.807, 2.05) is 30.3 Å². The van der Waals surface area contributed by atoms with E-state index in [0.29, 0.717) is 10.0 Å². The van der Waals surface area contributed by atoms with Gasteiger partial charge in [0.25, 0.3) is 0 Å². The van der Waals surface area contributed by atoms with Gasteiger partial charge >= 0.3 is 12.0 Å². The zero-order valence-electron chi connectivity index (χ0n) is 15.0. The lowest BCUT2D eigenvalue weighted by atomic mass is 9.95. The van der Waals surface area contributed by atoms with E-state index in [1.54, 1.807) is 25.1 Å². The number of ether oxygens (including phenoxy) is 2. The number of carbonyl (C=O) groups excluding carboxylic acids is 2. The largest absolute Gasteiger partial charge is 0.484 e. The van der Waals surface area contributed by atoms with Crippen LogP contribution in [0.5, 0.6) is 5.75 Å². The summed E-state index contributed by atoms with van der Waals surface area (Å²) in [4.78, 5) is 24.9. The van der Waals surface area contributed by atoms with Crippen LogP contribution in [0.4, 0.5) is 4.79 Å². The van der Waals surface area contributed by atoms with E-state index in [0.717, 1.165) is 5.56 Å². The highest BCUT2D eigenvalue weighted by Crippen LogP contribution is 2.33. The maximum atomic E-state index is 12.7. The summed E-state index contributed by atoms with van der Waals surface area (Å²) < 4.78 is 10.9. The highest BCUT2D eigenvalue weighted by atomic mass is 35.5. The molecule has 0 radical (unpaired) electrons. The minimum absolute atomic E-state index is 0.117. The molecule has 1 heterocycles. The fourth-order valence-electron chi connectivity index (χ4n) is 2.84. The van der Waals surface area contributed by atoms with E-state index in [-0.39, 0.29) is 30.2 Å². The zero-order valence-corrected chi connectivity index (χ0v) is 16.5. The second-order valence-electron chi connectivity index (χ2n) is 5.89. The van der Waals surface area contributed by atoms with E-state index in [9.17, 15) is 9.59 Å². The van der Waals surface area contributed by atoms with Gasteiger partial charge in [-0.25, -0.2) is 9.59 Å². The predicted octanol–water partition coefficient (Wildman–Crippen LogP) is 4.24. The van der Waals surface area contributed by atoms with Crippen molar-refractivity contribution in [1.29, 1.82) is 0 Å². The molecule has 1 atom stereocenters. The van der Waals surface area contributed by atoms with Crippen molar-refractivity contribution in [3.63, 3.8) is 0 Å². The Hall–Kier alpha value is -2.70. The topological polar surface area (TPSA) is 76.7 Å². The third-order valence-electron chi connectivity index (χ3n) is 4.06. The Kier molecular flexibility index (Phi) is 6.44. The molecule has 3 rings (SSSR count). The Morgan fingerprint density at radius 2 is 1.75 bits per heavy atom. The van der Waals surface area contributed by atoms with Crippen molar-refractivity contribution in [1.82, 2.24) is 10.6 Å². The molecule has 0 aliphatic carbocycles. The average Bonchev–Trinajstić information content (AvgIpc) is 2.68. The number of carbonyl (C=O) groups is 2. The first-order valence-electron chi connectivity index (χ1n) is 8.60. The molecule has 0 saturated carbocycles. The summed E-state index contributed by atoms with van der Waals surface area (Å²) in [6, 6.07) is 13.0. The van der Waals surface area contributed by atoms with Gasteiger partial charge in [-0.15, -0.1) is 0 Å². The fourth-order valence-corrected chi connectivity index (χ4v) is 3.35. The molecule has 2 N–H and O–H groups in total. The number of rotatable bonds is 6. The van der Waals surface area contributed by atoms with Crippen LogP contribution in [0.2, 0.25) is 10.0 Å². The highest BCUT2D eigenvalue weighted by Gasteiger charge is 2.34. The van der Waals surface area contributed by atoms with Crippen molar-refractivity contribution in [3.8, 4) is 5.75 Å². The molecule has 6 nitrogen and oxygen atoms in total. The van der Waals surface area contributed by atoms with Crippen LogP contribution in [0, 0.1) is 0 Å². The van der Waals surface area contributed by atoms with E-state index in [4.69, 9.17) is 32.7 Å². The number of urea groups is 1. The maximum absolute atomic E-state index is 12.7. The Morgan fingerprint density at radius 1 is 1.07 bits per heavy atom. The van der Waals surface area contributed by atoms with Crippen LogP contribution in [0.25, 0.3) is 0 Å². The molecule has 1 unspecified atom stereocenters. The molecular weight excluding hydrogens is 403 g/mol. The number of para-hydroxylation sites is 1. The average molecular weight is 421 g/mol. The van der Waals surface area contributed by atoms with Gasteiger partial charge in [0.1, 0.15) is 6.61 Å². The van der Waals surface area contributed by atoms with E-state index < -0.39 is 18.0 Å². The molecule has 146 valence electrons. The number of hydrogen-bond acceptors (Lipinski definition) is 4. The molecule has 2 aromatic rings. The normalized spacial score (nSPS) is 16.2. The molecule has 2 amide bonds. The minimum atomic E-state index is -0.672. The zero-order chi connectivity index (χ0) is 20.1. The quantitative estimate of drug-likeness (QED) is 0.684. The number of nitrogens with one attached hydrogen (secondary N) is 2. The lowest BCUT2D eigenvalue weighted by molar-refractivity contribution is -0.139. The van der Waals surface area contributed by atoms with Crippen molar-refractivity contribution in [2.75, 3.05) is 13.2 Å². The maximum Gasteiger partial charge on any atom is 0.338 e. The summed E-state index contributed by atoms with van der Waals surface area (Å²) in [6.45, 7) is 1.79. The van der Waals surface area contributed by atoms with Crippen LogP contribution >= 0.6 is 23.2 Å². The highest BCUT2D eigenvalue weighted by molar-refractivity contribution is 6.37. The Bertz CT molecular complexity index is 895. The third kappa shape index (κ3) is 4.40. The van der Waals surface area contributed by atoms with Gasteiger partial charge in [0.15, 0.2) is 5.75 Å². The Labute approximate surface area is 172 Å². The Balaban J connectivity index is 1.99. The standard InChI is InChI=1S/C20H18Cl2N2O4/c1-2-27-19(25)16-15(11-28-18-13(21)9-6-10-14(18)22)23-20(26)24-17(16)12-7-4-3-5-8-12/h3-10,17H,2,11H2,1H3,(H2,23,24,26). The first kappa shape index (κ1) is 20.0. The van der Waals surface area contributed by atoms with Crippen molar-refractivity contribution >= 4 is 35.2 Å². The molecule has 2 aromatic carbocycles. The first-order valence-corrected chi connectivity index (χ1v) is 9.36. The van der Waals surface area contributed by atoms with Gasteiger partial charge in [-0.3, -0.25) is 0 Å². The molecule has 1 aliphatic rings. The molecule has 0 aromatic heterocycles. The SMILES string of the molecule is CCOC(=O)C1=C(COc2c(Cl)cccc2Cl)NC(=O)NC1c1ccccc1. The number of esters is 1. The van der Waals surface area contributed by atoms with Crippen LogP contribution in [0.15, 0.2) is 59.8 Å². The number of amides is 2.